The topological polar surface area (TPSA) is 21.3 Å². The minimum Gasteiger partial charge on any atom is -0.492 e. The van der Waals surface area contributed by atoms with Gasteiger partial charge >= 0.3 is 0 Å². The molecule has 1 aromatic rings. The number of fused-ring (bicyclic) bond motifs is 3. The van der Waals surface area contributed by atoms with Crippen LogP contribution in [0.25, 0.3) is 0 Å². The van der Waals surface area contributed by atoms with E-state index in [0.717, 1.165) is 18.9 Å². The third kappa shape index (κ3) is 2.02. The van der Waals surface area contributed by atoms with Gasteiger partial charge in [-0.2, -0.15) is 0 Å². The summed E-state index contributed by atoms with van der Waals surface area (Å²) in [5.74, 6) is 1.38. The van der Waals surface area contributed by atoms with Gasteiger partial charge in [0.2, 0.25) is 0 Å². The van der Waals surface area contributed by atoms with Crippen LogP contribution in [0.15, 0.2) is 60.2 Å². The highest BCUT2D eigenvalue weighted by Crippen LogP contribution is 2.41. The summed E-state index contributed by atoms with van der Waals surface area (Å²) in [6.07, 6.45) is 6.30. The molecule has 2 nitrogen and oxygen atoms in total. The highest BCUT2D eigenvalue weighted by Gasteiger charge is 2.35. The van der Waals surface area contributed by atoms with Crippen LogP contribution in [0.5, 0.6) is 5.75 Å². The van der Waals surface area contributed by atoms with Crippen molar-refractivity contribution in [2.75, 3.05) is 13.2 Å². The third-order valence-corrected chi connectivity index (χ3v) is 3.93. The van der Waals surface area contributed by atoms with Crippen LogP contribution >= 0.6 is 0 Å². The molecule has 0 aromatic heterocycles. The number of benzene rings is 1. The lowest BCUT2D eigenvalue weighted by atomic mass is 9.78. The molecule has 0 aliphatic carbocycles. The SMILES string of the molecule is C=CC1=C(/C=C\C)[C@H]2c3ccccc3OCC2NC1. The maximum absolute atomic E-state index is 5.85. The van der Waals surface area contributed by atoms with E-state index in [1.165, 1.54) is 16.7 Å². The standard InChI is InChI=1S/C17H19NO/c1-3-7-13-12(4-2)10-18-15-11-19-16-9-6-5-8-14(16)17(13)15/h3-9,15,17-18H,2,10-11H2,1H3/b7-3-/t15?,17-/m0/s1. The predicted octanol–water partition coefficient (Wildman–Crippen LogP) is 3.19. The third-order valence-electron chi connectivity index (χ3n) is 3.93. The van der Waals surface area contributed by atoms with E-state index < -0.39 is 0 Å². The monoisotopic (exact) mass is 253 g/mol. The predicted molar refractivity (Wildman–Crippen MR) is 78.5 cm³/mol. The van der Waals surface area contributed by atoms with E-state index in [9.17, 15) is 0 Å². The highest BCUT2D eigenvalue weighted by molar-refractivity contribution is 5.51. The van der Waals surface area contributed by atoms with Crippen molar-refractivity contribution in [3.8, 4) is 5.75 Å². The second kappa shape index (κ2) is 5.06. The number of hydrogen-bond acceptors (Lipinski definition) is 2. The molecule has 2 heterocycles. The molecule has 98 valence electrons. The molecular weight excluding hydrogens is 234 g/mol. The smallest absolute Gasteiger partial charge is 0.123 e. The minimum absolute atomic E-state index is 0.352. The van der Waals surface area contributed by atoms with E-state index in [1.807, 2.05) is 12.1 Å². The van der Waals surface area contributed by atoms with Gasteiger partial charge in [-0.15, -0.1) is 0 Å². The molecule has 0 saturated carbocycles. The summed E-state index contributed by atoms with van der Waals surface area (Å²) in [6, 6.07) is 8.69. The van der Waals surface area contributed by atoms with Crippen molar-refractivity contribution >= 4 is 0 Å². The Balaban J connectivity index is 2.15. The van der Waals surface area contributed by atoms with E-state index in [-0.39, 0.29) is 0 Å². The average Bonchev–Trinajstić information content (AvgIpc) is 2.47. The Morgan fingerprint density at radius 3 is 3.00 bits per heavy atom. The summed E-state index contributed by atoms with van der Waals surface area (Å²) < 4.78 is 5.85. The lowest BCUT2D eigenvalue weighted by Gasteiger charge is -2.39. The zero-order valence-corrected chi connectivity index (χ0v) is 11.2. The maximum atomic E-state index is 5.85. The van der Waals surface area contributed by atoms with Gasteiger partial charge in [-0.1, -0.05) is 43.0 Å². The first-order valence-electron chi connectivity index (χ1n) is 6.78. The number of nitrogens with one attached hydrogen (secondary N) is 1. The van der Waals surface area contributed by atoms with Gasteiger partial charge in [-0.05, 0) is 24.1 Å². The van der Waals surface area contributed by atoms with Crippen molar-refractivity contribution in [2.24, 2.45) is 0 Å². The van der Waals surface area contributed by atoms with E-state index in [2.05, 4.69) is 49.2 Å². The Bertz CT molecular complexity index is 556. The van der Waals surface area contributed by atoms with Gasteiger partial charge in [-0.3, -0.25) is 0 Å². The molecule has 2 aliphatic heterocycles. The molecule has 19 heavy (non-hydrogen) atoms. The molecule has 0 radical (unpaired) electrons. The highest BCUT2D eigenvalue weighted by atomic mass is 16.5. The molecule has 0 fully saturated rings. The van der Waals surface area contributed by atoms with Gasteiger partial charge in [0.15, 0.2) is 0 Å². The van der Waals surface area contributed by atoms with Crippen LogP contribution in [-0.2, 0) is 0 Å². The van der Waals surface area contributed by atoms with Gasteiger partial charge in [0.25, 0.3) is 0 Å². The fourth-order valence-electron chi connectivity index (χ4n) is 3.05. The van der Waals surface area contributed by atoms with Gasteiger partial charge < -0.3 is 10.1 Å². The number of allylic oxidation sites excluding steroid dienone is 2. The quantitative estimate of drug-likeness (QED) is 0.874. The number of hydrogen-bond donors (Lipinski definition) is 1. The lowest BCUT2D eigenvalue weighted by molar-refractivity contribution is 0.222. The minimum atomic E-state index is 0.352. The Kier molecular flexibility index (Phi) is 3.26. The molecule has 0 amide bonds. The van der Waals surface area contributed by atoms with Crippen molar-refractivity contribution in [3.05, 3.63) is 65.8 Å². The molecule has 2 atom stereocenters. The molecule has 0 saturated heterocycles. The molecule has 1 unspecified atom stereocenters. The maximum Gasteiger partial charge on any atom is 0.123 e. The van der Waals surface area contributed by atoms with Crippen LogP contribution in [0.4, 0.5) is 0 Å². The van der Waals surface area contributed by atoms with Crippen LogP contribution in [0, 0.1) is 0 Å². The zero-order valence-electron chi connectivity index (χ0n) is 11.2. The summed E-state index contributed by atoms with van der Waals surface area (Å²) in [6.45, 7) is 7.61. The van der Waals surface area contributed by atoms with Crippen molar-refractivity contribution in [3.63, 3.8) is 0 Å². The van der Waals surface area contributed by atoms with Crippen LogP contribution in [0.1, 0.15) is 18.4 Å². The van der Waals surface area contributed by atoms with Crippen LogP contribution in [0.3, 0.4) is 0 Å². The summed E-state index contributed by atoms with van der Waals surface area (Å²) in [5.41, 5.74) is 3.94. The van der Waals surface area contributed by atoms with Crippen LogP contribution in [0.2, 0.25) is 0 Å². The molecule has 3 rings (SSSR count). The Morgan fingerprint density at radius 1 is 1.37 bits per heavy atom. The van der Waals surface area contributed by atoms with Gasteiger partial charge in [0.1, 0.15) is 12.4 Å². The van der Waals surface area contributed by atoms with Gasteiger partial charge in [0, 0.05) is 18.0 Å². The fraction of sp³-hybridized carbons (Fsp3) is 0.294. The first-order chi connectivity index (χ1) is 9.35. The van der Waals surface area contributed by atoms with E-state index in [4.69, 9.17) is 4.74 Å². The largest absolute Gasteiger partial charge is 0.492 e. The molecule has 0 bridgehead atoms. The number of para-hydroxylation sites is 1. The van der Waals surface area contributed by atoms with Crippen molar-refractivity contribution in [1.29, 1.82) is 0 Å². The van der Waals surface area contributed by atoms with Crippen LogP contribution < -0.4 is 10.1 Å². The Labute approximate surface area is 114 Å². The summed E-state index contributed by atoms with van der Waals surface area (Å²) in [5, 5.41) is 3.56. The van der Waals surface area contributed by atoms with Gasteiger partial charge in [0.05, 0.1) is 6.04 Å². The van der Waals surface area contributed by atoms with Crippen LogP contribution in [-0.4, -0.2) is 19.2 Å². The lowest BCUT2D eigenvalue weighted by Crippen LogP contribution is -2.47. The second-order valence-electron chi connectivity index (χ2n) is 5.00. The summed E-state index contributed by atoms with van der Waals surface area (Å²) >= 11 is 0. The first kappa shape index (κ1) is 12.2. The number of rotatable bonds is 2. The van der Waals surface area contributed by atoms with E-state index in [0.29, 0.717) is 12.0 Å². The first-order valence-corrected chi connectivity index (χ1v) is 6.78. The summed E-state index contributed by atoms with van der Waals surface area (Å²) in [4.78, 5) is 0. The van der Waals surface area contributed by atoms with Crippen molar-refractivity contribution < 1.29 is 4.74 Å². The molecule has 0 spiro atoms. The van der Waals surface area contributed by atoms with E-state index >= 15 is 0 Å². The molecule has 2 aliphatic rings. The average molecular weight is 253 g/mol. The molecule has 2 heteroatoms. The summed E-state index contributed by atoms with van der Waals surface area (Å²) in [7, 11) is 0. The van der Waals surface area contributed by atoms with Crippen molar-refractivity contribution in [2.45, 2.75) is 18.9 Å². The fourth-order valence-corrected chi connectivity index (χ4v) is 3.05. The number of ether oxygens (including phenoxy) is 1. The molecule has 1 aromatic carbocycles. The zero-order chi connectivity index (χ0) is 13.2. The molecular formula is C17H19NO. The normalized spacial score (nSPS) is 25.7. The van der Waals surface area contributed by atoms with Gasteiger partial charge in [-0.25, -0.2) is 0 Å². The van der Waals surface area contributed by atoms with Crippen molar-refractivity contribution in [1.82, 2.24) is 5.32 Å². The second-order valence-corrected chi connectivity index (χ2v) is 5.00. The Hall–Kier alpha value is -1.80. The Morgan fingerprint density at radius 2 is 2.21 bits per heavy atom. The molecule has 1 N–H and O–H groups in total. The van der Waals surface area contributed by atoms with E-state index in [1.54, 1.807) is 0 Å².